The summed E-state index contributed by atoms with van der Waals surface area (Å²) in [5.74, 6) is 1.90. The minimum absolute atomic E-state index is 0.206. The number of carbonyl (C=O) groups is 1. The molecule has 1 aromatic heterocycles. The molecule has 1 spiro atoms. The van der Waals surface area contributed by atoms with Gasteiger partial charge in [0.25, 0.3) is 5.91 Å². The van der Waals surface area contributed by atoms with E-state index in [-0.39, 0.29) is 22.8 Å². The summed E-state index contributed by atoms with van der Waals surface area (Å²) in [5, 5.41) is 0.208. The summed E-state index contributed by atoms with van der Waals surface area (Å²) in [4.78, 5) is 33.3. The van der Waals surface area contributed by atoms with Crippen LogP contribution in [-0.2, 0) is 11.3 Å². The molecule has 7 rings (SSSR count). The van der Waals surface area contributed by atoms with Crippen molar-refractivity contribution in [3.05, 3.63) is 21.7 Å². The van der Waals surface area contributed by atoms with Gasteiger partial charge >= 0.3 is 5.69 Å². The Kier molecular flexibility index (Phi) is 2.00. The molecule has 0 unspecified atom stereocenters. The summed E-state index contributed by atoms with van der Waals surface area (Å²) in [7, 11) is 0. The van der Waals surface area contributed by atoms with Crippen molar-refractivity contribution in [2.75, 3.05) is 18.0 Å². The number of halogens is 1. The average Bonchev–Trinajstić information content (AvgIpc) is 2.99. The number of likely N-dealkylation sites (tertiary alicyclic amines) is 1. The van der Waals surface area contributed by atoms with Crippen LogP contribution in [0, 0.1) is 11.3 Å². The summed E-state index contributed by atoms with van der Waals surface area (Å²) in [5.41, 5.74) is -0.481. The van der Waals surface area contributed by atoms with Crippen molar-refractivity contribution in [2.24, 2.45) is 11.3 Å². The third-order valence-electron chi connectivity index (χ3n) is 6.91. The Balaban J connectivity index is 1.38. The number of hydrogen-bond acceptors (Lipinski definition) is 4. The summed E-state index contributed by atoms with van der Waals surface area (Å²) in [6, 6.07) is 2.00. The monoisotopic (exact) mass is 332 g/mol. The zero-order valence-corrected chi connectivity index (χ0v) is 13.4. The fraction of sp³-hybridized carbons (Fsp3) is 0.688. The molecule has 1 amide bonds. The smallest absolute Gasteiger partial charge is 0.339 e. The third kappa shape index (κ3) is 1.32. The first-order valence-electron chi connectivity index (χ1n) is 8.36. The van der Waals surface area contributed by atoms with E-state index in [4.69, 9.17) is 11.6 Å². The minimum atomic E-state index is -0.563. The maximum absolute atomic E-state index is 13.2. The predicted molar refractivity (Wildman–Crippen MR) is 83.5 cm³/mol. The fourth-order valence-corrected chi connectivity index (χ4v) is 6.01. The van der Waals surface area contributed by atoms with Crippen molar-refractivity contribution >= 4 is 23.3 Å². The van der Waals surface area contributed by atoms with Gasteiger partial charge in [-0.3, -0.25) is 9.36 Å². The van der Waals surface area contributed by atoms with Gasteiger partial charge in [-0.1, -0.05) is 11.6 Å². The molecule has 1 aromatic rings. The molecule has 120 valence electrons. The van der Waals surface area contributed by atoms with Gasteiger partial charge in [0.15, 0.2) is 0 Å². The van der Waals surface area contributed by atoms with Crippen LogP contribution < -0.4 is 10.6 Å². The Bertz CT molecular complexity index is 819. The van der Waals surface area contributed by atoms with Crippen molar-refractivity contribution in [3.8, 4) is 0 Å². The van der Waals surface area contributed by atoms with Crippen molar-refractivity contribution in [3.63, 3.8) is 0 Å². The molecular formula is C16H17ClN4O2. The number of fused-ring (bicyclic) bond motifs is 3. The minimum Gasteiger partial charge on any atom is -0.339 e. The second-order valence-electron chi connectivity index (χ2n) is 8.22. The van der Waals surface area contributed by atoms with E-state index in [0.29, 0.717) is 12.0 Å². The Morgan fingerprint density at radius 3 is 2.74 bits per heavy atom. The Labute approximate surface area is 138 Å². The van der Waals surface area contributed by atoms with Gasteiger partial charge in [-0.25, -0.2) is 4.79 Å². The second-order valence-corrected chi connectivity index (χ2v) is 8.60. The summed E-state index contributed by atoms with van der Waals surface area (Å²) in [6.45, 7) is 2.16. The number of carbonyl (C=O) groups excluding carboxylic acids is 1. The van der Waals surface area contributed by atoms with Gasteiger partial charge in [0.2, 0.25) is 0 Å². The lowest BCUT2D eigenvalue weighted by atomic mass is 9.44. The van der Waals surface area contributed by atoms with Crippen LogP contribution in [0.4, 0.5) is 5.82 Å². The largest absolute Gasteiger partial charge is 0.350 e. The molecule has 6 nitrogen and oxygen atoms in total. The third-order valence-corrected chi connectivity index (χ3v) is 7.10. The van der Waals surface area contributed by atoms with Crippen molar-refractivity contribution < 1.29 is 4.79 Å². The molecule has 7 heteroatoms. The fourth-order valence-electron chi connectivity index (χ4n) is 5.84. The highest BCUT2D eigenvalue weighted by Crippen LogP contribution is 2.65. The van der Waals surface area contributed by atoms with E-state index < -0.39 is 5.54 Å². The Morgan fingerprint density at radius 1 is 1.26 bits per heavy atom. The molecular weight excluding hydrogens is 316 g/mol. The van der Waals surface area contributed by atoms with Crippen LogP contribution in [0.2, 0.25) is 5.15 Å². The summed E-state index contributed by atoms with van der Waals surface area (Å²) in [6.07, 6.45) is 4.74. The van der Waals surface area contributed by atoms with Crippen LogP contribution >= 0.6 is 11.6 Å². The average molecular weight is 333 g/mol. The maximum Gasteiger partial charge on any atom is 0.350 e. The second kappa shape index (κ2) is 3.58. The van der Waals surface area contributed by atoms with Gasteiger partial charge in [0.1, 0.15) is 16.5 Å². The van der Waals surface area contributed by atoms with E-state index in [2.05, 4.69) is 14.8 Å². The van der Waals surface area contributed by atoms with Crippen LogP contribution in [0.1, 0.15) is 25.7 Å². The first kappa shape index (κ1) is 12.8. The van der Waals surface area contributed by atoms with E-state index in [1.807, 2.05) is 0 Å². The molecule has 3 saturated carbocycles. The molecule has 2 saturated heterocycles. The number of amides is 1. The lowest BCUT2D eigenvalue weighted by Crippen LogP contribution is -2.63. The van der Waals surface area contributed by atoms with Gasteiger partial charge in [-0.05, 0) is 30.6 Å². The van der Waals surface area contributed by atoms with E-state index in [1.54, 1.807) is 10.6 Å². The molecule has 23 heavy (non-hydrogen) atoms. The van der Waals surface area contributed by atoms with E-state index >= 15 is 0 Å². The lowest BCUT2D eigenvalue weighted by Gasteiger charge is -2.63. The van der Waals surface area contributed by atoms with Gasteiger partial charge in [0, 0.05) is 25.6 Å². The number of aromatic nitrogens is 2. The molecule has 0 aromatic carbocycles. The van der Waals surface area contributed by atoms with Gasteiger partial charge in [0.05, 0.1) is 12.6 Å². The molecule has 0 radical (unpaired) electrons. The quantitative estimate of drug-likeness (QED) is 0.754. The van der Waals surface area contributed by atoms with E-state index in [0.717, 1.165) is 31.2 Å². The van der Waals surface area contributed by atoms with Crippen LogP contribution in [0.5, 0.6) is 0 Å². The number of hydrogen-bond donors (Lipinski definition) is 0. The normalized spacial score (nSPS) is 41.7. The topological polar surface area (TPSA) is 58.4 Å². The number of anilines is 1. The molecule has 3 aliphatic heterocycles. The number of nitrogens with zero attached hydrogens (tertiary/aromatic N) is 4. The zero-order valence-electron chi connectivity index (χ0n) is 12.7. The highest BCUT2D eigenvalue weighted by molar-refractivity contribution is 6.29. The highest BCUT2D eigenvalue weighted by atomic mass is 35.5. The van der Waals surface area contributed by atoms with Crippen molar-refractivity contribution in [1.82, 2.24) is 14.5 Å². The molecule has 2 atom stereocenters. The molecule has 4 bridgehead atoms. The molecule has 4 heterocycles. The predicted octanol–water partition coefficient (Wildman–Crippen LogP) is 0.870. The SMILES string of the molecule is O=C1N(CC23CC(C2)C3)[C@@H]2CN3c4cc(Cl)nc(=O)n4C[C@]13C2. The number of piperazine rings is 1. The van der Waals surface area contributed by atoms with Gasteiger partial charge in [-0.2, -0.15) is 4.98 Å². The number of rotatable bonds is 2. The van der Waals surface area contributed by atoms with Crippen molar-refractivity contribution in [2.45, 2.75) is 43.8 Å². The first-order valence-corrected chi connectivity index (χ1v) is 8.74. The van der Waals surface area contributed by atoms with Crippen LogP contribution in [-0.4, -0.2) is 45.0 Å². The van der Waals surface area contributed by atoms with Gasteiger partial charge < -0.3 is 9.80 Å². The van der Waals surface area contributed by atoms with E-state index in [1.165, 1.54) is 19.3 Å². The molecule has 3 aliphatic carbocycles. The molecule has 5 fully saturated rings. The first-order chi connectivity index (χ1) is 11.0. The molecule has 6 aliphatic rings. The van der Waals surface area contributed by atoms with Crippen molar-refractivity contribution in [1.29, 1.82) is 0 Å². The van der Waals surface area contributed by atoms with E-state index in [9.17, 15) is 9.59 Å². The van der Waals surface area contributed by atoms with Crippen LogP contribution in [0.25, 0.3) is 0 Å². The maximum atomic E-state index is 13.2. The summed E-state index contributed by atoms with van der Waals surface area (Å²) >= 11 is 5.96. The van der Waals surface area contributed by atoms with Crippen LogP contribution in [0.15, 0.2) is 10.9 Å². The standard InChI is InChI=1S/C16H17ClN4O2/c17-11-1-12-20(14(23)18-11)8-16-5-10(6-21(12)16)19(13(16)22)7-15-2-9(3-15)4-15/h1,9-10H,2-8H2/t9?,10-,15?,16+/m0/s1. The van der Waals surface area contributed by atoms with Crippen LogP contribution in [0.3, 0.4) is 0 Å². The zero-order chi connectivity index (χ0) is 15.6. The summed E-state index contributed by atoms with van der Waals surface area (Å²) < 4.78 is 1.62. The van der Waals surface area contributed by atoms with Gasteiger partial charge in [-0.15, -0.1) is 0 Å². The lowest BCUT2D eigenvalue weighted by molar-refractivity contribution is -0.153. The highest BCUT2D eigenvalue weighted by Gasteiger charge is 2.67. The Hall–Kier alpha value is -1.56. The molecule has 0 N–H and O–H groups in total. The Morgan fingerprint density at radius 2 is 2.04 bits per heavy atom.